The second kappa shape index (κ2) is 6.90. The summed E-state index contributed by atoms with van der Waals surface area (Å²) in [5.74, 6) is -0.811. The van der Waals surface area contributed by atoms with Crippen molar-refractivity contribution in [3.63, 3.8) is 0 Å². The van der Waals surface area contributed by atoms with Crippen molar-refractivity contribution < 1.29 is 22.7 Å². The highest BCUT2D eigenvalue weighted by atomic mass is 19.4. The van der Waals surface area contributed by atoms with Crippen LogP contribution in [0.15, 0.2) is 47.4 Å². The van der Waals surface area contributed by atoms with Gasteiger partial charge in [-0.25, -0.2) is 4.39 Å². The molecule has 0 spiro atoms. The van der Waals surface area contributed by atoms with Crippen molar-refractivity contribution in [1.29, 1.82) is 0 Å². The average molecular weight is 395 g/mol. The Morgan fingerprint density at radius 1 is 1.18 bits per heavy atom. The van der Waals surface area contributed by atoms with E-state index in [4.69, 9.17) is 0 Å². The summed E-state index contributed by atoms with van der Waals surface area (Å²) in [5, 5.41) is 12.6. The fourth-order valence-corrected chi connectivity index (χ4v) is 2.71. The lowest BCUT2D eigenvalue weighted by Gasteiger charge is -2.20. The standard InChI is InChI=1S/C19H17F4N3O2/c1-18(2,28)10-24-17-25-16(27)15(12-5-3-4-6-13(12)20)14-9-11(19(21,22)23)7-8-26(14)17/h3-9,28H,10H2,1-2H3,(H,24,25,27). The number of benzene rings is 1. The lowest BCUT2D eigenvalue weighted by atomic mass is 10.0. The molecule has 0 saturated heterocycles. The van der Waals surface area contributed by atoms with Crippen molar-refractivity contribution in [2.24, 2.45) is 0 Å². The summed E-state index contributed by atoms with van der Waals surface area (Å²) in [6.45, 7) is 3.02. The maximum atomic E-state index is 14.3. The maximum Gasteiger partial charge on any atom is 0.416 e. The molecule has 1 aromatic carbocycles. The Hall–Kier alpha value is -2.94. The molecule has 0 amide bonds. The molecule has 0 aliphatic carbocycles. The van der Waals surface area contributed by atoms with E-state index in [1.807, 2.05) is 0 Å². The number of alkyl halides is 3. The summed E-state index contributed by atoms with van der Waals surface area (Å²) in [7, 11) is 0. The summed E-state index contributed by atoms with van der Waals surface area (Å²) in [6.07, 6.45) is -3.55. The number of hydrogen-bond acceptors (Lipinski definition) is 4. The second-order valence-electron chi connectivity index (χ2n) is 6.93. The van der Waals surface area contributed by atoms with E-state index in [1.54, 1.807) is 0 Å². The van der Waals surface area contributed by atoms with Crippen molar-refractivity contribution in [1.82, 2.24) is 9.38 Å². The molecule has 0 radical (unpaired) electrons. The molecule has 9 heteroatoms. The van der Waals surface area contributed by atoms with E-state index in [-0.39, 0.29) is 29.1 Å². The molecule has 3 rings (SSSR count). The van der Waals surface area contributed by atoms with Crippen molar-refractivity contribution in [3.05, 3.63) is 64.3 Å². The monoisotopic (exact) mass is 395 g/mol. The number of nitrogens with one attached hydrogen (secondary N) is 1. The minimum Gasteiger partial charge on any atom is -0.389 e. The molecule has 0 aliphatic heterocycles. The summed E-state index contributed by atoms with van der Waals surface area (Å²) < 4.78 is 55.1. The zero-order valence-corrected chi connectivity index (χ0v) is 15.0. The van der Waals surface area contributed by atoms with Gasteiger partial charge in [-0.2, -0.15) is 18.2 Å². The van der Waals surface area contributed by atoms with E-state index in [2.05, 4.69) is 10.3 Å². The van der Waals surface area contributed by atoms with Crippen LogP contribution in [0.25, 0.3) is 16.6 Å². The van der Waals surface area contributed by atoms with Gasteiger partial charge in [-0.3, -0.25) is 9.20 Å². The number of aliphatic hydroxyl groups is 1. The van der Waals surface area contributed by atoms with Crippen LogP contribution in [0.3, 0.4) is 0 Å². The first-order valence-electron chi connectivity index (χ1n) is 8.32. The highest BCUT2D eigenvalue weighted by Crippen LogP contribution is 2.33. The van der Waals surface area contributed by atoms with Gasteiger partial charge in [0, 0.05) is 18.3 Å². The van der Waals surface area contributed by atoms with Crippen LogP contribution in [0.5, 0.6) is 0 Å². The first-order valence-corrected chi connectivity index (χ1v) is 8.32. The van der Waals surface area contributed by atoms with Crippen LogP contribution in [-0.4, -0.2) is 26.6 Å². The Kier molecular flexibility index (Phi) is 4.88. The number of halogens is 4. The van der Waals surface area contributed by atoms with E-state index in [0.717, 1.165) is 24.4 Å². The normalized spacial score (nSPS) is 12.4. The predicted octanol–water partition coefficient (Wildman–Crippen LogP) is 3.70. The van der Waals surface area contributed by atoms with E-state index < -0.39 is 28.7 Å². The number of aromatic nitrogens is 2. The van der Waals surface area contributed by atoms with Gasteiger partial charge in [0.15, 0.2) is 0 Å². The van der Waals surface area contributed by atoms with E-state index in [0.29, 0.717) is 0 Å². The summed E-state index contributed by atoms with van der Waals surface area (Å²) in [5.41, 5.74) is -3.61. The van der Waals surface area contributed by atoms with Crippen LogP contribution in [0.1, 0.15) is 19.4 Å². The van der Waals surface area contributed by atoms with Gasteiger partial charge in [-0.05, 0) is 32.0 Å². The Morgan fingerprint density at radius 2 is 1.86 bits per heavy atom. The largest absolute Gasteiger partial charge is 0.416 e. The molecule has 2 heterocycles. The van der Waals surface area contributed by atoms with Crippen LogP contribution in [0, 0.1) is 5.82 Å². The molecule has 3 aromatic rings. The topological polar surface area (TPSA) is 66.6 Å². The van der Waals surface area contributed by atoms with Gasteiger partial charge < -0.3 is 10.4 Å². The van der Waals surface area contributed by atoms with Crippen LogP contribution < -0.4 is 10.9 Å². The first-order chi connectivity index (χ1) is 13.0. The van der Waals surface area contributed by atoms with Gasteiger partial charge in [0.05, 0.1) is 22.2 Å². The van der Waals surface area contributed by atoms with Gasteiger partial charge in [0.2, 0.25) is 5.95 Å². The molecule has 28 heavy (non-hydrogen) atoms. The Morgan fingerprint density at radius 3 is 2.46 bits per heavy atom. The smallest absolute Gasteiger partial charge is 0.389 e. The molecule has 2 aromatic heterocycles. The Bertz CT molecular complexity index is 1090. The second-order valence-corrected chi connectivity index (χ2v) is 6.93. The number of pyridine rings is 1. The third-order valence-electron chi connectivity index (χ3n) is 4.01. The van der Waals surface area contributed by atoms with Crippen LogP contribution in [0.4, 0.5) is 23.5 Å². The summed E-state index contributed by atoms with van der Waals surface area (Å²) >= 11 is 0. The van der Waals surface area contributed by atoms with Gasteiger partial charge in [-0.15, -0.1) is 0 Å². The zero-order valence-electron chi connectivity index (χ0n) is 15.0. The molecule has 0 atom stereocenters. The predicted molar refractivity (Wildman–Crippen MR) is 96.6 cm³/mol. The summed E-state index contributed by atoms with van der Waals surface area (Å²) in [4.78, 5) is 16.5. The number of anilines is 1. The highest BCUT2D eigenvalue weighted by molar-refractivity contribution is 5.81. The average Bonchev–Trinajstić information content (AvgIpc) is 2.59. The molecule has 5 nitrogen and oxygen atoms in total. The van der Waals surface area contributed by atoms with Gasteiger partial charge in [0.25, 0.3) is 5.56 Å². The minimum atomic E-state index is -4.64. The fourth-order valence-electron chi connectivity index (χ4n) is 2.71. The maximum absolute atomic E-state index is 14.3. The van der Waals surface area contributed by atoms with Crippen LogP contribution >= 0.6 is 0 Å². The molecule has 0 unspecified atom stereocenters. The molecule has 0 aliphatic rings. The highest BCUT2D eigenvalue weighted by Gasteiger charge is 2.31. The molecule has 2 N–H and O–H groups in total. The lowest BCUT2D eigenvalue weighted by Crippen LogP contribution is -2.31. The van der Waals surface area contributed by atoms with Crippen molar-refractivity contribution >= 4 is 11.5 Å². The zero-order chi connectivity index (χ0) is 20.7. The summed E-state index contributed by atoms with van der Waals surface area (Å²) in [6, 6.07) is 6.91. The minimum absolute atomic E-state index is 0.0123. The molecular weight excluding hydrogens is 378 g/mol. The van der Waals surface area contributed by atoms with Crippen molar-refractivity contribution in [3.8, 4) is 11.1 Å². The molecule has 0 fully saturated rings. The van der Waals surface area contributed by atoms with Crippen molar-refractivity contribution in [2.45, 2.75) is 25.6 Å². The van der Waals surface area contributed by atoms with Gasteiger partial charge in [0.1, 0.15) is 5.82 Å². The fraction of sp³-hybridized carbons (Fsp3) is 0.263. The Balaban J connectivity index is 2.32. The lowest BCUT2D eigenvalue weighted by molar-refractivity contribution is -0.137. The number of hydrogen-bond donors (Lipinski definition) is 2. The Labute approximate surface area is 157 Å². The van der Waals surface area contributed by atoms with Crippen LogP contribution in [0.2, 0.25) is 0 Å². The third kappa shape index (κ3) is 3.99. The number of fused-ring (bicyclic) bond motifs is 1. The number of rotatable bonds is 4. The SMILES string of the molecule is CC(C)(O)CNc1nc(=O)c(-c2ccccc2F)c2cc(C(F)(F)F)ccn12. The van der Waals surface area contributed by atoms with E-state index in [9.17, 15) is 27.5 Å². The first kappa shape index (κ1) is 19.8. The molecule has 0 bridgehead atoms. The molecular formula is C19H17F4N3O2. The van der Waals surface area contributed by atoms with Gasteiger partial charge in [-0.1, -0.05) is 18.2 Å². The molecule has 0 saturated carbocycles. The number of nitrogens with zero attached hydrogens (tertiary/aromatic N) is 2. The van der Waals surface area contributed by atoms with E-state index in [1.165, 1.54) is 36.4 Å². The van der Waals surface area contributed by atoms with E-state index >= 15 is 0 Å². The quantitative estimate of drug-likeness (QED) is 0.661. The van der Waals surface area contributed by atoms with Gasteiger partial charge >= 0.3 is 6.18 Å². The molecule has 148 valence electrons. The van der Waals surface area contributed by atoms with Crippen molar-refractivity contribution in [2.75, 3.05) is 11.9 Å². The van der Waals surface area contributed by atoms with Crippen LogP contribution in [-0.2, 0) is 6.18 Å². The third-order valence-corrected chi connectivity index (χ3v) is 4.01.